The number of hydrogen-bond donors (Lipinski definition) is 2. The van der Waals surface area contributed by atoms with E-state index in [0.717, 1.165) is 24.9 Å². The van der Waals surface area contributed by atoms with E-state index in [2.05, 4.69) is 5.32 Å². The first-order valence-electron chi connectivity index (χ1n) is 9.38. The average Bonchev–Trinajstić information content (AvgIpc) is 3.30. The fourth-order valence-corrected chi connectivity index (χ4v) is 4.51. The Hall–Kier alpha value is -1.89. The fourth-order valence-electron chi connectivity index (χ4n) is 4.38. The maximum Gasteiger partial charge on any atom is 0.234 e. The predicted molar refractivity (Wildman–Crippen MR) is 101 cm³/mol. The topological polar surface area (TPSA) is 78.9 Å². The van der Waals surface area contributed by atoms with Gasteiger partial charge in [-0.3, -0.25) is 9.59 Å². The van der Waals surface area contributed by atoms with Gasteiger partial charge < -0.3 is 20.1 Å². The van der Waals surface area contributed by atoms with Crippen LogP contribution in [-0.4, -0.2) is 48.3 Å². The third-order valence-corrected chi connectivity index (χ3v) is 5.93. The maximum atomic E-state index is 13.2. The summed E-state index contributed by atoms with van der Waals surface area (Å²) in [5.41, 5.74) is 0.0390. The summed E-state index contributed by atoms with van der Waals surface area (Å²) in [7, 11) is 0. The lowest BCUT2D eigenvalue weighted by atomic mass is 9.77. The van der Waals surface area contributed by atoms with Crippen LogP contribution >= 0.6 is 11.6 Å². The highest BCUT2D eigenvalue weighted by Gasteiger charge is 2.66. The van der Waals surface area contributed by atoms with Crippen LogP contribution in [0.15, 0.2) is 36.4 Å². The number of aliphatic hydroxyl groups is 1. The van der Waals surface area contributed by atoms with Crippen molar-refractivity contribution in [3.63, 3.8) is 0 Å². The molecule has 1 aromatic rings. The number of anilines is 1. The van der Waals surface area contributed by atoms with Gasteiger partial charge >= 0.3 is 0 Å². The van der Waals surface area contributed by atoms with Gasteiger partial charge in [0.1, 0.15) is 5.60 Å². The summed E-state index contributed by atoms with van der Waals surface area (Å²) in [6, 6.07) is 7.12. The number of ether oxygens (including phenoxy) is 1. The third kappa shape index (κ3) is 3.16. The lowest BCUT2D eigenvalue weighted by molar-refractivity contribution is -0.131. The Bertz CT molecular complexity index is 766. The summed E-state index contributed by atoms with van der Waals surface area (Å²) in [6.45, 7) is 1.11. The number of hydrogen-bond acceptors (Lipinski definition) is 4. The molecule has 3 aliphatic heterocycles. The first-order chi connectivity index (χ1) is 13.1. The highest BCUT2D eigenvalue weighted by Crippen LogP contribution is 2.52. The largest absolute Gasteiger partial charge is 0.396 e. The number of halogens is 1. The monoisotopic (exact) mass is 390 g/mol. The minimum atomic E-state index is -0.722. The molecule has 1 spiro atoms. The molecule has 2 amide bonds. The summed E-state index contributed by atoms with van der Waals surface area (Å²) in [5.74, 6) is -1.21. The molecule has 4 atom stereocenters. The first-order valence-corrected chi connectivity index (χ1v) is 9.76. The van der Waals surface area contributed by atoms with Crippen LogP contribution in [-0.2, 0) is 14.3 Å². The minimum absolute atomic E-state index is 0.0791. The van der Waals surface area contributed by atoms with E-state index < -0.39 is 17.4 Å². The predicted octanol–water partition coefficient (Wildman–Crippen LogP) is 1.91. The van der Waals surface area contributed by atoms with E-state index in [4.69, 9.17) is 21.4 Å². The number of aliphatic hydroxyl groups excluding tert-OH is 1. The van der Waals surface area contributed by atoms with Crippen LogP contribution < -0.4 is 10.2 Å². The van der Waals surface area contributed by atoms with Gasteiger partial charge in [-0.1, -0.05) is 23.8 Å². The van der Waals surface area contributed by atoms with Gasteiger partial charge in [0.15, 0.2) is 0 Å². The average molecular weight is 391 g/mol. The Labute approximate surface area is 163 Å². The summed E-state index contributed by atoms with van der Waals surface area (Å²) in [4.78, 5) is 27.6. The molecule has 1 aromatic carbocycles. The Morgan fingerprint density at radius 1 is 1.30 bits per heavy atom. The number of unbranched alkanes of at least 4 members (excludes halogenated alkanes) is 2. The molecule has 4 rings (SSSR count). The molecule has 2 saturated heterocycles. The van der Waals surface area contributed by atoms with Crippen molar-refractivity contribution in [2.75, 3.05) is 24.6 Å². The van der Waals surface area contributed by atoms with Crippen molar-refractivity contribution in [1.29, 1.82) is 0 Å². The minimum Gasteiger partial charge on any atom is -0.396 e. The maximum absolute atomic E-state index is 13.2. The second-order valence-electron chi connectivity index (χ2n) is 7.38. The molecule has 0 unspecified atom stereocenters. The van der Waals surface area contributed by atoms with E-state index in [1.807, 2.05) is 24.3 Å². The molecular formula is C20H23ClN2O4. The molecule has 2 N–H and O–H groups in total. The van der Waals surface area contributed by atoms with Crippen LogP contribution in [0.1, 0.15) is 19.3 Å². The van der Waals surface area contributed by atoms with Crippen molar-refractivity contribution >= 4 is 29.1 Å². The van der Waals surface area contributed by atoms with E-state index in [-0.39, 0.29) is 24.5 Å². The fraction of sp³-hybridized carbons (Fsp3) is 0.500. The van der Waals surface area contributed by atoms with Gasteiger partial charge in [0.2, 0.25) is 11.8 Å². The highest BCUT2D eigenvalue weighted by molar-refractivity contribution is 6.30. The molecule has 2 bridgehead atoms. The van der Waals surface area contributed by atoms with Crippen molar-refractivity contribution in [2.24, 2.45) is 11.8 Å². The number of rotatable bonds is 7. The molecule has 3 heterocycles. The zero-order chi connectivity index (χ0) is 19.0. The molecule has 27 heavy (non-hydrogen) atoms. The molecule has 0 radical (unpaired) electrons. The molecular weight excluding hydrogens is 368 g/mol. The number of amides is 2. The van der Waals surface area contributed by atoms with E-state index in [0.29, 0.717) is 18.1 Å². The number of benzene rings is 1. The number of nitrogens with zero attached hydrogens (tertiary/aromatic N) is 1. The van der Waals surface area contributed by atoms with E-state index in [9.17, 15) is 9.59 Å². The zero-order valence-electron chi connectivity index (χ0n) is 14.9. The first kappa shape index (κ1) is 18.5. The number of nitrogens with one attached hydrogen (secondary N) is 1. The molecule has 0 aliphatic carbocycles. The van der Waals surface area contributed by atoms with Gasteiger partial charge in [-0.05, 0) is 43.5 Å². The van der Waals surface area contributed by atoms with E-state index >= 15 is 0 Å². The number of carbonyl (C=O) groups excluding carboxylic acids is 2. The lowest BCUT2D eigenvalue weighted by Crippen LogP contribution is -2.44. The standard InChI is InChI=1S/C20H23ClN2O4/c21-13-4-6-14(7-5-13)23-12-20-9-8-15(27-20)16(17(20)19(23)26)18(25)22-10-2-1-3-11-24/h4-9,15-17,24H,1-3,10-12H2,(H,22,25)/t15-,16-,17-,20+/m1/s1. The SMILES string of the molecule is O=C(NCCCCCO)[C@@H]1[C@H]2C=C[C@@]3(CN(c4ccc(Cl)cc4)C(=O)[C@@H]13)O2. The zero-order valence-corrected chi connectivity index (χ0v) is 15.7. The Balaban J connectivity index is 1.48. The van der Waals surface area contributed by atoms with Gasteiger partial charge in [-0.25, -0.2) is 0 Å². The van der Waals surface area contributed by atoms with Crippen molar-refractivity contribution in [1.82, 2.24) is 5.32 Å². The highest BCUT2D eigenvalue weighted by atomic mass is 35.5. The van der Waals surface area contributed by atoms with Gasteiger partial charge in [0.05, 0.1) is 24.5 Å². The van der Waals surface area contributed by atoms with Crippen LogP contribution in [0.3, 0.4) is 0 Å². The normalized spacial score (nSPS) is 30.8. The lowest BCUT2D eigenvalue weighted by Gasteiger charge is -2.23. The van der Waals surface area contributed by atoms with Gasteiger partial charge in [0, 0.05) is 23.9 Å². The number of carbonyl (C=O) groups is 2. The summed E-state index contributed by atoms with van der Waals surface area (Å²) in [6.07, 6.45) is 5.91. The Morgan fingerprint density at radius 2 is 2.07 bits per heavy atom. The van der Waals surface area contributed by atoms with Crippen molar-refractivity contribution < 1.29 is 19.4 Å². The van der Waals surface area contributed by atoms with Crippen LogP contribution in [0.4, 0.5) is 5.69 Å². The molecule has 144 valence electrons. The molecule has 0 saturated carbocycles. The van der Waals surface area contributed by atoms with Crippen molar-refractivity contribution in [2.45, 2.75) is 31.0 Å². The Morgan fingerprint density at radius 3 is 2.81 bits per heavy atom. The summed E-state index contributed by atoms with van der Waals surface area (Å²) in [5, 5.41) is 12.4. The van der Waals surface area contributed by atoms with Crippen LogP contribution in [0.2, 0.25) is 5.02 Å². The molecule has 2 fully saturated rings. The van der Waals surface area contributed by atoms with Gasteiger partial charge in [-0.2, -0.15) is 0 Å². The van der Waals surface area contributed by atoms with Gasteiger partial charge in [-0.15, -0.1) is 0 Å². The van der Waals surface area contributed by atoms with E-state index in [1.165, 1.54) is 0 Å². The van der Waals surface area contributed by atoms with Crippen LogP contribution in [0.5, 0.6) is 0 Å². The second kappa shape index (κ2) is 7.26. The summed E-state index contributed by atoms with van der Waals surface area (Å²) >= 11 is 5.95. The van der Waals surface area contributed by atoms with Crippen LogP contribution in [0, 0.1) is 11.8 Å². The van der Waals surface area contributed by atoms with Crippen molar-refractivity contribution in [3.8, 4) is 0 Å². The van der Waals surface area contributed by atoms with Gasteiger partial charge in [0.25, 0.3) is 0 Å². The molecule has 3 aliphatic rings. The Kier molecular flexibility index (Phi) is 4.97. The quantitative estimate of drug-likeness (QED) is 0.550. The number of fused-ring (bicyclic) bond motifs is 1. The van der Waals surface area contributed by atoms with Crippen LogP contribution in [0.25, 0.3) is 0 Å². The van der Waals surface area contributed by atoms with Crippen molar-refractivity contribution in [3.05, 3.63) is 41.4 Å². The smallest absolute Gasteiger partial charge is 0.234 e. The third-order valence-electron chi connectivity index (χ3n) is 5.68. The second-order valence-corrected chi connectivity index (χ2v) is 7.81. The molecule has 0 aromatic heterocycles. The van der Waals surface area contributed by atoms with E-state index in [1.54, 1.807) is 17.0 Å². The molecule has 6 nitrogen and oxygen atoms in total. The molecule has 7 heteroatoms. The summed E-state index contributed by atoms with van der Waals surface area (Å²) < 4.78 is 6.11.